The monoisotopic (exact) mass is 433 g/mol. The molecule has 0 aromatic heterocycles. The topological polar surface area (TPSA) is 67.6 Å². The van der Waals surface area contributed by atoms with Gasteiger partial charge >= 0.3 is 0 Å². The molecule has 1 aliphatic heterocycles. The fourth-order valence-corrected chi connectivity index (χ4v) is 3.94. The van der Waals surface area contributed by atoms with E-state index in [0.29, 0.717) is 13.1 Å². The summed E-state index contributed by atoms with van der Waals surface area (Å²) in [6.07, 6.45) is 5.21. The van der Waals surface area contributed by atoms with Gasteiger partial charge in [-0.2, -0.15) is 0 Å². The third kappa shape index (κ3) is 6.24. The molecule has 0 aliphatic carbocycles. The molecule has 0 saturated carbocycles. The maximum atomic E-state index is 12.9. The highest BCUT2D eigenvalue weighted by molar-refractivity contribution is 5.85. The summed E-state index contributed by atoms with van der Waals surface area (Å²) in [5.74, 6) is 0.954. The van der Waals surface area contributed by atoms with Gasteiger partial charge in [0.15, 0.2) is 0 Å². The van der Waals surface area contributed by atoms with E-state index in [-0.39, 0.29) is 36.8 Å². The lowest BCUT2D eigenvalue weighted by molar-refractivity contribution is -0.131. The predicted octanol–water partition coefficient (Wildman–Crippen LogP) is 3.95. The molecule has 7 heteroatoms. The third-order valence-electron chi connectivity index (χ3n) is 6.01. The normalized spacial score (nSPS) is 15.7. The molecule has 1 amide bonds. The minimum Gasteiger partial charge on any atom is -0.496 e. The van der Waals surface area contributed by atoms with Gasteiger partial charge in [0.2, 0.25) is 5.91 Å². The van der Waals surface area contributed by atoms with Crippen LogP contribution in [0.5, 0.6) is 5.75 Å². The zero-order valence-electron chi connectivity index (χ0n) is 17.4. The van der Waals surface area contributed by atoms with E-state index in [1.807, 2.05) is 32.0 Å². The van der Waals surface area contributed by atoms with Gasteiger partial charge in [0, 0.05) is 18.7 Å². The Bertz CT molecular complexity index is 568. The zero-order valence-corrected chi connectivity index (χ0v) is 19.0. The molecule has 1 fully saturated rings. The van der Waals surface area contributed by atoms with Crippen molar-refractivity contribution < 1.29 is 9.53 Å². The second-order valence-electron chi connectivity index (χ2n) is 7.26. The van der Waals surface area contributed by atoms with Gasteiger partial charge in [-0.25, -0.2) is 0 Å². The number of nitrogens with two attached hydrogens (primary N) is 1. The lowest BCUT2D eigenvalue weighted by atomic mass is 9.81. The number of carbonyl (C=O) groups excluding carboxylic acids is 1. The van der Waals surface area contributed by atoms with Gasteiger partial charge in [-0.05, 0) is 44.8 Å². The molecule has 0 bridgehead atoms. The van der Waals surface area contributed by atoms with E-state index in [4.69, 9.17) is 10.5 Å². The maximum absolute atomic E-state index is 12.9. The Balaban J connectivity index is 0.00000364. The van der Waals surface area contributed by atoms with Crippen molar-refractivity contribution in [2.24, 2.45) is 11.1 Å². The first-order chi connectivity index (χ1) is 12.6. The molecule has 1 aromatic carbocycles. The number of nitrogens with zero attached hydrogens (tertiary/aromatic N) is 1. The maximum Gasteiger partial charge on any atom is 0.227 e. The van der Waals surface area contributed by atoms with E-state index in [2.05, 4.69) is 16.3 Å². The Labute approximate surface area is 182 Å². The van der Waals surface area contributed by atoms with Crippen molar-refractivity contribution in [3.8, 4) is 5.75 Å². The first-order valence-corrected chi connectivity index (χ1v) is 9.97. The molecule has 162 valence electrons. The Morgan fingerprint density at radius 3 is 2.32 bits per heavy atom. The Kier molecular flexibility index (Phi) is 12.8. The van der Waals surface area contributed by atoms with Crippen LogP contribution in [-0.4, -0.2) is 44.1 Å². The van der Waals surface area contributed by atoms with Crippen LogP contribution >= 0.6 is 24.8 Å². The van der Waals surface area contributed by atoms with Gasteiger partial charge in [-0.15, -0.1) is 24.8 Å². The van der Waals surface area contributed by atoms with Crippen molar-refractivity contribution in [1.29, 1.82) is 0 Å². The lowest BCUT2D eigenvalue weighted by Gasteiger charge is -2.37. The number of amides is 1. The Hall–Kier alpha value is -1.01. The SMILES string of the molecule is CCC(CC)(CN)C(=O)NCC(c1ccccc1OC)N1CCCCC1.Cl.Cl. The van der Waals surface area contributed by atoms with Gasteiger partial charge < -0.3 is 15.8 Å². The van der Waals surface area contributed by atoms with Crippen molar-refractivity contribution in [1.82, 2.24) is 10.2 Å². The molecule has 5 nitrogen and oxygen atoms in total. The number of methoxy groups -OCH3 is 1. The Morgan fingerprint density at radius 1 is 1.18 bits per heavy atom. The second kappa shape index (κ2) is 13.3. The van der Waals surface area contributed by atoms with Gasteiger partial charge in [-0.1, -0.05) is 38.5 Å². The van der Waals surface area contributed by atoms with Crippen LogP contribution in [0.25, 0.3) is 0 Å². The summed E-state index contributed by atoms with van der Waals surface area (Å²) in [5.41, 5.74) is 6.62. The van der Waals surface area contributed by atoms with Crippen LogP contribution in [0, 0.1) is 5.41 Å². The summed E-state index contributed by atoms with van der Waals surface area (Å²) in [7, 11) is 1.71. The summed E-state index contributed by atoms with van der Waals surface area (Å²) < 4.78 is 5.60. The van der Waals surface area contributed by atoms with Crippen molar-refractivity contribution in [2.45, 2.75) is 52.0 Å². The number of carbonyl (C=O) groups is 1. The molecule has 3 N–H and O–H groups in total. The third-order valence-corrected chi connectivity index (χ3v) is 6.01. The number of halogens is 2. The summed E-state index contributed by atoms with van der Waals surface area (Å²) in [4.78, 5) is 15.4. The number of hydrogen-bond acceptors (Lipinski definition) is 4. The molecule has 1 saturated heterocycles. The number of piperidine rings is 1. The highest BCUT2D eigenvalue weighted by Gasteiger charge is 2.34. The number of nitrogens with one attached hydrogen (secondary N) is 1. The van der Waals surface area contributed by atoms with Crippen LogP contribution in [0.2, 0.25) is 0 Å². The zero-order chi connectivity index (χ0) is 19.0. The minimum absolute atomic E-state index is 0. The average Bonchev–Trinajstić information content (AvgIpc) is 2.71. The van der Waals surface area contributed by atoms with Gasteiger partial charge in [0.1, 0.15) is 5.75 Å². The van der Waals surface area contributed by atoms with E-state index in [9.17, 15) is 4.79 Å². The minimum atomic E-state index is -0.465. The molecule has 1 aliphatic rings. The predicted molar refractivity (Wildman–Crippen MR) is 121 cm³/mol. The van der Waals surface area contributed by atoms with Gasteiger partial charge in [-0.3, -0.25) is 9.69 Å². The van der Waals surface area contributed by atoms with E-state index in [0.717, 1.165) is 37.2 Å². The second-order valence-corrected chi connectivity index (χ2v) is 7.26. The van der Waals surface area contributed by atoms with E-state index in [1.54, 1.807) is 7.11 Å². The largest absolute Gasteiger partial charge is 0.496 e. The molecule has 1 aromatic rings. The van der Waals surface area contributed by atoms with Crippen molar-refractivity contribution in [3.05, 3.63) is 29.8 Å². The van der Waals surface area contributed by atoms with Crippen LogP contribution in [0.1, 0.15) is 57.6 Å². The number of ether oxygens (including phenoxy) is 1. The number of hydrogen-bond donors (Lipinski definition) is 2. The van der Waals surface area contributed by atoms with Crippen molar-refractivity contribution >= 4 is 30.7 Å². The molecule has 1 atom stereocenters. The standard InChI is InChI=1S/C21H35N3O2.2ClH/c1-4-21(5-2,16-22)20(25)23-15-18(24-13-9-6-10-14-24)17-11-7-8-12-19(17)26-3;;/h7-8,11-12,18H,4-6,9-10,13-16,22H2,1-3H3,(H,23,25);2*1H. The number of benzene rings is 1. The lowest BCUT2D eigenvalue weighted by Crippen LogP contribution is -2.48. The molecule has 1 unspecified atom stereocenters. The van der Waals surface area contributed by atoms with E-state index >= 15 is 0 Å². The number of likely N-dealkylation sites (tertiary alicyclic amines) is 1. The van der Waals surface area contributed by atoms with E-state index < -0.39 is 5.41 Å². The number of para-hydroxylation sites is 1. The summed E-state index contributed by atoms with van der Waals surface area (Å²) >= 11 is 0. The van der Waals surface area contributed by atoms with Crippen molar-refractivity contribution in [2.75, 3.05) is 33.3 Å². The van der Waals surface area contributed by atoms with Crippen LogP contribution in [-0.2, 0) is 4.79 Å². The Morgan fingerprint density at radius 2 is 1.79 bits per heavy atom. The molecule has 0 radical (unpaired) electrons. The highest BCUT2D eigenvalue weighted by Crippen LogP contribution is 2.31. The fourth-order valence-electron chi connectivity index (χ4n) is 3.94. The molecular formula is C21H37Cl2N3O2. The van der Waals surface area contributed by atoms with E-state index in [1.165, 1.54) is 19.3 Å². The number of rotatable bonds is 9. The summed E-state index contributed by atoms with van der Waals surface area (Å²) in [6, 6.07) is 8.26. The first kappa shape index (κ1) is 27.0. The van der Waals surface area contributed by atoms with Crippen LogP contribution in [0.15, 0.2) is 24.3 Å². The fraction of sp³-hybridized carbons (Fsp3) is 0.667. The first-order valence-electron chi connectivity index (χ1n) is 9.97. The smallest absolute Gasteiger partial charge is 0.227 e. The molecule has 1 heterocycles. The molecule has 28 heavy (non-hydrogen) atoms. The van der Waals surface area contributed by atoms with Crippen LogP contribution in [0.3, 0.4) is 0 Å². The highest BCUT2D eigenvalue weighted by atomic mass is 35.5. The molecule has 2 rings (SSSR count). The summed E-state index contributed by atoms with van der Waals surface area (Å²) in [5, 5.41) is 3.21. The average molecular weight is 434 g/mol. The van der Waals surface area contributed by atoms with Crippen LogP contribution in [0.4, 0.5) is 0 Å². The molecular weight excluding hydrogens is 397 g/mol. The van der Waals surface area contributed by atoms with Crippen LogP contribution < -0.4 is 15.8 Å². The quantitative estimate of drug-likeness (QED) is 0.618. The van der Waals surface area contributed by atoms with Crippen molar-refractivity contribution in [3.63, 3.8) is 0 Å². The molecule has 0 spiro atoms. The van der Waals surface area contributed by atoms with Gasteiger partial charge in [0.05, 0.1) is 18.6 Å². The van der Waals surface area contributed by atoms with Gasteiger partial charge in [0.25, 0.3) is 0 Å². The summed E-state index contributed by atoms with van der Waals surface area (Å²) in [6.45, 7) is 7.16.